The van der Waals surface area contributed by atoms with Gasteiger partial charge in [-0.25, -0.2) is 14.2 Å². The number of rotatable bonds is 14. The molecule has 1 unspecified atom stereocenters. The van der Waals surface area contributed by atoms with Crippen LogP contribution in [0.2, 0.25) is 0 Å². The number of urea groups is 1. The highest BCUT2D eigenvalue weighted by atomic mass is 19.4. The summed E-state index contributed by atoms with van der Waals surface area (Å²) in [6.07, 6.45) is 7.16. The minimum absolute atomic E-state index is 0.0358. The number of nitrogens with zero attached hydrogens (tertiary/aromatic N) is 5. The number of nitrogens with one attached hydrogen (secondary N) is 3. The number of hydrogen-bond donors (Lipinski definition) is 3. The number of allylic oxidation sites excluding steroid dienone is 3. The largest absolute Gasteiger partial charge is 0.494 e. The van der Waals surface area contributed by atoms with Crippen molar-refractivity contribution < 1.29 is 31.9 Å². The van der Waals surface area contributed by atoms with E-state index >= 15 is 0 Å². The quantitative estimate of drug-likeness (QED) is 0.0914. The maximum absolute atomic E-state index is 13.7. The molecule has 1 fully saturated rings. The van der Waals surface area contributed by atoms with E-state index in [0.717, 1.165) is 37.8 Å². The lowest BCUT2D eigenvalue weighted by atomic mass is 10.2. The maximum Gasteiger partial charge on any atom is 0.416 e. The van der Waals surface area contributed by atoms with E-state index in [4.69, 9.17) is 4.74 Å². The number of amides is 3. The van der Waals surface area contributed by atoms with Crippen molar-refractivity contribution >= 4 is 24.0 Å². The Labute approximate surface area is 273 Å². The molecule has 0 aromatic heterocycles. The van der Waals surface area contributed by atoms with Crippen molar-refractivity contribution in [2.45, 2.75) is 26.2 Å². The van der Waals surface area contributed by atoms with Gasteiger partial charge in [0.15, 0.2) is 0 Å². The van der Waals surface area contributed by atoms with Gasteiger partial charge in [0.1, 0.15) is 18.6 Å². The zero-order valence-electron chi connectivity index (χ0n) is 27.2. The van der Waals surface area contributed by atoms with Gasteiger partial charge in [0, 0.05) is 64.7 Å². The van der Waals surface area contributed by atoms with Gasteiger partial charge < -0.3 is 35.4 Å². The fourth-order valence-corrected chi connectivity index (χ4v) is 4.58. The molecule has 0 saturated carbocycles. The van der Waals surface area contributed by atoms with Crippen molar-refractivity contribution in [1.82, 2.24) is 30.2 Å². The number of piperazine rings is 1. The van der Waals surface area contributed by atoms with E-state index in [-0.39, 0.29) is 30.8 Å². The number of alkyl halides is 3. The Morgan fingerprint density at radius 1 is 1.17 bits per heavy atom. The first kappa shape index (κ1) is 37.1. The highest BCUT2D eigenvalue weighted by Gasteiger charge is 2.31. The Hall–Kier alpha value is -4.37. The number of dihydropyridines is 1. The molecular weight excluding hydrogens is 620 g/mol. The van der Waals surface area contributed by atoms with Crippen LogP contribution in [0.5, 0.6) is 0 Å². The Morgan fingerprint density at radius 2 is 1.91 bits per heavy atom. The average molecular weight is 665 g/mol. The molecule has 3 N–H and O–H groups in total. The average Bonchev–Trinajstić information content (AvgIpc) is 3.00. The topological polar surface area (TPSA) is 105 Å². The number of benzene rings is 1. The third kappa shape index (κ3) is 13.5. The molecule has 0 bridgehead atoms. The van der Waals surface area contributed by atoms with Gasteiger partial charge in [-0.15, -0.1) is 0 Å². The van der Waals surface area contributed by atoms with Gasteiger partial charge in [-0.05, 0) is 75.2 Å². The molecule has 0 radical (unpaired) electrons. The van der Waals surface area contributed by atoms with Gasteiger partial charge >= 0.3 is 12.2 Å². The smallest absolute Gasteiger partial charge is 0.416 e. The Balaban J connectivity index is 1.37. The zero-order chi connectivity index (χ0) is 34.4. The van der Waals surface area contributed by atoms with Crippen molar-refractivity contribution in [3.05, 3.63) is 77.6 Å². The Kier molecular flexibility index (Phi) is 14.3. The zero-order valence-corrected chi connectivity index (χ0v) is 27.2. The first-order valence-corrected chi connectivity index (χ1v) is 15.3. The summed E-state index contributed by atoms with van der Waals surface area (Å²) in [4.78, 5) is 36.8. The fraction of sp³-hybridized carbons (Fsp3) is 0.469. The van der Waals surface area contributed by atoms with Crippen LogP contribution in [0.25, 0.3) is 0 Å². The fourth-order valence-electron chi connectivity index (χ4n) is 4.58. The highest BCUT2D eigenvalue weighted by Crippen LogP contribution is 2.31. The summed E-state index contributed by atoms with van der Waals surface area (Å²) in [5.74, 6) is -0.465. The van der Waals surface area contributed by atoms with Gasteiger partial charge in [-0.1, -0.05) is 0 Å². The molecule has 1 aromatic rings. The number of carbonyl (C=O) groups excluding carboxylic acids is 2. The number of aliphatic imine (C=N–C) groups is 1. The first-order valence-electron chi connectivity index (χ1n) is 15.3. The summed E-state index contributed by atoms with van der Waals surface area (Å²) in [6.45, 7) is 8.83. The van der Waals surface area contributed by atoms with Crippen LogP contribution in [0, 0.1) is 5.82 Å². The van der Waals surface area contributed by atoms with Gasteiger partial charge in [0.25, 0.3) is 0 Å². The normalized spacial score (nSPS) is 17.8. The minimum Gasteiger partial charge on any atom is -0.494 e. The molecule has 1 saturated heterocycles. The molecule has 47 heavy (non-hydrogen) atoms. The van der Waals surface area contributed by atoms with Crippen LogP contribution in [0.4, 0.5) is 28.0 Å². The van der Waals surface area contributed by atoms with Crippen LogP contribution in [-0.2, 0) is 15.7 Å². The molecule has 0 aliphatic carbocycles. The second-order valence-corrected chi connectivity index (χ2v) is 11.3. The maximum atomic E-state index is 13.7. The van der Waals surface area contributed by atoms with E-state index in [1.807, 2.05) is 19.1 Å². The van der Waals surface area contributed by atoms with Crippen LogP contribution < -0.4 is 16.0 Å². The van der Waals surface area contributed by atoms with Crippen LogP contribution in [0.3, 0.4) is 0 Å². The number of ether oxygens (including phenoxy) is 1. The van der Waals surface area contributed by atoms with E-state index in [1.165, 1.54) is 4.90 Å². The summed E-state index contributed by atoms with van der Waals surface area (Å²) < 4.78 is 58.4. The molecule has 2 heterocycles. The molecule has 2 aliphatic heterocycles. The van der Waals surface area contributed by atoms with Crippen LogP contribution >= 0.6 is 0 Å². The van der Waals surface area contributed by atoms with Crippen LogP contribution in [0.15, 0.2) is 71.2 Å². The molecule has 258 valence electrons. The molecule has 1 aromatic carbocycles. The summed E-state index contributed by atoms with van der Waals surface area (Å²) in [7, 11) is 3.84. The molecule has 1 atom stereocenters. The van der Waals surface area contributed by atoms with Gasteiger partial charge in [0.2, 0.25) is 5.91 Å². The minimum atomic E-state index is -4.73. The predicted molar refractivity (Wildman–Crippen MR) is 174 cm³/mol. The first-order chi connectivity index (χ1) is 22.3. The van der Waals surface area contributed by atoms with E-state index in [1.54, 1.807) is 49.8 Å². The molecule has 3 amide bonds. The van der Waals surface area contributed by atoms with Crippen LogP contribution in [0.1, 0.15) is 19.4 Å². The SMILES string of the molecule is CCN(CCN(C)C=N/C=C\C=C(/C)OCC1=CC(NC(=O)CN2CCN(C)CC2)NC=C1)C(=O)Nc1cc(F)cc(C(F)(F)F)c1. The number of carbonyl (C=O) groups is 2. The van der Waals surface area contributed by atoms with Gasteiger partial charge in [0.05, 0.1) is 24.2 Å². The Bertz CT molecular complexity index is 1350. The summed E-state index contributed by atoms with van der Waals surface area (Å²) in [6, 6.07) is 1.26. The summed E-state index contributed by atoms with van der Waals surface area (Å²) in [5, 5.41) is 8.45. The number of halogens is 4. The Morgan fingerprint density at radius 3 is 2.62 bits per heavy atom. The number of hydrogen-bond acceptors (Lipinski definition) is 7. The molecule has 0 spiro atoms. The van der Waals surface area contributed by atoms with Gasteiger partial charge in [-0.2, -0.15) is 13.2 Å². The molecular formula is C32H44F4N8O3. The van der Waals surface area contributed by atoms with E-state index in [2.05, 4.69) is 37.8 Å². The van der Waals surface area contributed by atoms with E-state index < -0.39 is 23.6 Å². The van der Waals surface area contributed by atoms with Crippen molar-refractivity contribution in [2.24, 2.45) is 4.99 Å². The molecule has 2 aliphatic rings. The lowest BCUT2D eigenvalue weighted by molar-refractivity contribution is -0.137. The summed E-state index contributed by atoms with van der Waals surface area (Å²) in [5.41, 5.74) is -0.538. The van der Waals surface area contributed by atoms with Gasteiger partial charge in [-0.3, -0.25) is 9.69 Å². The van der Waals surface area contributed by atoms with Crippen LogP contribution in [-0.4, -0.2) is 117 Å². The van der Waals surface area contributed by atoms with E-state index in [9.17, 15) is 27.2 Å². The van der Waals surface area contributed by atoms with Crippen molar-refractivity contribution in [3.63, 3.8) is 0 Å². The lowest BCUT2D eigenvalue weighted by Gasteiger charge is -2.32. The van der Waals surface area contributed by atoms with E-state index in [0.29, 0.717) is 37.6 Å². The predicted octanol–water partition coefficient (Wildman–Crippen LogP) is 3.83. The third-order valence-corrected chi connectivity index (χ3v) is 7.33. The van der Waals surface area contributed by atoms with Crippen molar-refractivity contribution in [1.29, 1.82) is 0 Å². The molecule has 15 heteroatoms. The van der Waals surface area contributed by atoms with Crippen molar-refractivity contribution in [3.8, 4) is 0 Å². The van der Waals surface area contributed by atoms with Crippen molar-refractivity contribution in [2.75, 3.05) is 78.4 Å². The second kappa shape index (κ2) is 18.1. The number of anilines is 1. The third-order valence-electron chi connectivity index (χ3n) is 7.33. The summed E-state index contributed by atoms with van der Waals surface area (Å²) >= 11 is 0. The standard InChI is InChI=1S/C32H44F4N8O3/c1-5-44(31(46)39-28-19-26(32(34,35)36)18-27(33)20-28)16-13-42(4)23-37-9-6-7-24(2)47-22-25-8-10-38-29(17-25)40-30(45)21-43-14-11-41(3)12-15-43/h6-10,17-20,23,29,38H,5,11-16,21-22H2,1-4H3,(H,39,46)(H,40,45)/b9-6-,24-7+,37-23?. The molecule has 3 rings (SSSR count). The monoisotopic (exact) mass is 664 g/mol. The second-order valence-electron chi connectivity index (χ2n) is 11.3. The highest BCUT2D eigenvalue weighted by molar-refractivity contribution is 5.89. The lowest BCUT2D eigenvalue weighted by Crippen LogP contribution is -2.51. The molecule has 11 nitrogen and oxygen atoms in total. The number of likely N-dealkylation sites (N-methyl/N-ethyl adjacent to an activating group) is 3.